The highest BCUT2D eigenvalue weighted by Gasteiger charge is 2.31. The fraction of sp³-hybridized carbons (Fsp3) is 0.444. The number of carbonyl (C=O) groups excluding carboxylic acids is 2. The maximum absolute atomic E-state index is 12.8. The molecule has 1 aromatic heterocycles. The summed E-state index contributed by atoms with van der Waals surface area (Å²) in [6.45, 7) is 5.98. The molecular weight excluding hydrogens is 334 g/mol. The van der Waals surface area contributed by atoms with E-state index in [4.69, 9.17) is 4.74 Å². The zero-order valence-electron chi connectivity index (χ0n) is 15.2. The van der Waals surface area contributed by atoms with Gasteiger partial charge in [-0.1, -0.05) is 0 Å². The van der Waals surface area contributed by atoms with Gasteiger partial charge in [0.1, 0.15) is 18.7 Å². The fourth-order valence-corrected chi connectivity index (χ4v) is 3.22. The van der Waals surface area contributed by atoms with Crippen LogP contribution >= 0.6 is 0 Å². The van der Waals surface area contributed by atoms with Crippen LogP contribution in [-0.2, 0) is 9.53 Å². The molecule has 0 radical (unpaired) electrons. The lowest BCUT2D eigenvalue weighted by Gasteiger charge is -2.41. The summed E-state index contributed by atoms with van der Waals surface area (Å²) in [5.41, 5.74) is 1.56. The normalized spacial score (nSPS) is 18.5. The zero-order chi connectivity index (χ0) is 18.7. The van der Waals surface area contributed by atoms with E-state index < -0.39 is 0 Å². The number of rotatable bonds is 4. The lowest BCUT2D eigenvalue weighted by Crippen LogP contribution is -2.55. The number of carbonyl (C=O) groups is 2. The van der Waals surface area contributed by atoms with Gasteiger partial charge in [-0.2, -0.15) is 5.10 Å². The predicted octanol–water partition coefficient (Wildman–Crippen LogP) is 1.36. The molecule has 2 atom stereocenters. The highest BCUT2D eigenvalue weighted by molar-refractivity contribution is 5.89. The summed E-state index contributed by atoms with van der Waals surface area (Å²) in [5, 5.41) is 4.06. The van der Waals surface area contributed by atoms with Gasteiger partial charge >= 0.3 is 5.97 Å². The van der Waals surface area contributed by atoms with Crippen molar-refractivity contribution in [3.63, 3.8) is 0 Å². The first-order chi connectivity index (χ1) is 12.5. The topological polar surface area (TPSA) is 80.6 Å². The van der Waals surface area contributed by atoms with Crippen LogP contribution in [0.3, 0.4) is 0 Å². The van der Waals surface area contributed by atoms with Crippen molar-refractivity contribution in [3.05, 3.63) is 42.5 Å². The number of anilines is 1. The summed E-state index contributed by atoms with van der Waals surface area (Å²) in [4.78, 5) is 32.3. The van der Waals surface area contributed by atoms with Gasteiger partial charge in [0.05, 0.1) is 12.7 Å². The highest BCUT2D eigenvalue weighted by Crippen LogP contribution is 2.22. The minimum Gasteiger partial charge on any atom is -0.465 e. The van der Waals surface area contributed by atoms with Gasteiger partial charge < -0.3 is 14.5 Å². The van der Waals surface area contributed by atoms with Gasteiger partial charge in [-0.05, 0) is 38.1 Å². The molecule has 0 aliphatic carbocycles. The Morgan fingerprint density at radius 3 is 2.54 bits per heavy atom. The highest BCUT2D eigenvalue weighted by atomic mass is 16.5. The van der Waals surface area contributed by atoms with E-state index in [-0.39, 0.29) is 24.0 Å². The summed E-state index contributed by atoms with van der Waals surface area (Å²) in [7, 11) is 1.37. The Bertz CT molecular complexity index is 760. The van der Waals surface area contributed by atoms with E-state index in [1.807, 2.05) is 30.9 Å². The Morgan fingerprint density at radius 2 is 1.96 bits per heavy atom. The third kappa shape index (κ3) is 3.54. The van der Waals surface area contributed by atoms with Crippen molar-refractivity contribution in [2.45, 2.75) is 25.9 Å². The number of esters is 1. The number of hydrogen-bond donors (Lipinski definition) is 0. The van der Waals surface area contributed by atoms with Crippen LogP contribution in [-0.4, -0.2) is 64.3 Å². The fourth-order valence-electron chi connectivity index (χ4n) is 3.22. The van der Waals surface area contributed by atoms with Crippen molar-refractivity contribution >= 4 is 17.6 Å². The number of methoxy groups -OCH3 is 1. The molecule has 1 saturated heterocycles. The Hall–Kier alpha value is -2.90. The molecule has 1 fully saturated rings. The number of nitrogens with zero attached hydrogens (tertiary/aromatic N) is 5. The number of piperazine rings is 1. The Labute approximate surface area is 152 Å². The van der Waals surface area contributed by atoms with Gasteiger partial charge in [0.25, 0.3) is 0 Å². The SMILES string of the molecule is COC(=O)c1ccc(N2CCN(C(=O)[C@H](C)n3cncn3)[C@@H](C)C2)cc1. The molecule has 1 aliphatic heterocycles. The van der Waals surface area contributed by atoms with Gasteiger partial charge in [-0.25, -0.2) is 14.5 Å². The standard InChI is InChI=1S/C18H23N5O3/c1-13-10-21(16-6-4-15(5-7-16)18(25)26-3)8-9-22(13)17(24)14(2)23-12-19-11-20-23/h4-7,11-14H,8-10H2,1-3H3/t13-,14-/m0/s1. The summed E-state index contributed by atoms with van der Waals surface area (Å²) in [6, 6.07) is 7.04. The maximum Gasteiger partial charge on any atom is 0.337 e. The first-order valence-corrected chi connectivity index (χ1v) is 8.59. The molecule has 8 heteroatoms. The molecule has 0 saturated carbocycles. The quantitative estimate of drug-likeness (QED) is 0.769. The summed E-state index contributed by atoms with van der Waals surface area (Å²) >= 11 is 0. The second-order valence-corrected chi connectivity index (χ2v) is 6.42. The van der Waals surface area contributed by atoms with Crippen LogP contribution < -0.4 is 4.90 Å². The molecule has 1 amide bonds. The van der Waals surface area contributed by atoms with E-state index in [1.54, 1.807) is 23.1 Å². The molecular formula is C18H23N5O3. The Balaban J connectivity index is 1.64. The van der Waals surface area contributed by atoms with Crippen LogP contribution in [0.25, 0.3) is 0 Å². The minimum absolute atomic E-state index is 0.0451. The lowest BCUT2D eigenvalue weighted by atomic mass is 10.1. The van der Waals surface area contributed by atoms with Crippen LogP contribution in [0.15, 0.2) is 36.9 Å². The summed E-state index contributed by atoms with van der Waals surface area (Å²) in [5.74, 6) is -0.300. The number of ether oxygens (including phenoxy) is 1. The van der Waals surface area contributed by atoms with E-state index in [1.165, 1.54) is 13.4 Å². The third-order valence-corrected chi connectivity index (χ3v) is 4.75. The van der Waals surface area contributed by atoms with Crippen molar-refractivity contribution in [1.29, 1.82) is 0 Å². The van der Waals surface area contributed by atoms with Gasteiger partial charge in [-0.15, -0.1) is 0 Å². The van der Waals surface area contributed by atoms with Crippen LogP contribution in [0.4, 0.5) is 5.69 Å². The van der Waals surface area contributed by atoms with Crippen molar-refractivity contribution in [3.8, 4) is 0 Å². The number of benzene rings is 1. The molecule has 8 nitrogen and oxygen atoms in total. The van der Waals surface area contributed by atoms with E-state index in [0.717, 1.165) is 18.8 Å². The first kappa shape index (κ1) is 17.9. The van der Waals surface area contributed by atoms with Gasteiger partial charge in [0.2, 0.25) is 5.91 Å². The van der Waals surface area contributed by atoms with Crippen molar-refractivity contribution in [2.24, 2.45) is 0 Å². The van der Waals surface area contributed by atoms with E-state index in [9.17, 15) is 9.59 Å². The van der Waals surface area contributed by atoms with Crippen LogP contribution in [0.1, 0.15) is 30.2 Å². The van der Waals surface area contributed by atoms with Crippen LogP contribution in [0, 0.1) is 0 Å². The average Bonchev–Trinajstić information content (AvgIpc) is 3.21. The second-order valence-electron chi connectivity index (χ2n) is 6.42. The second kappa shape index (κ2) is 7.55. The molecule has 0 spiro atoms. The Morgan fingerprint density at radius 1 is 1.23 bits per heavy atom. The van der Waals surface area contributed by atoms with Crippen LogP contribution in [0.5, 0.6) is 0 Å². The van der Waals surface area contributed by atoms with Gasteiger partial charge in [0.15, 0.2) is 0 Å². The van der Waals surface area contributed by atoms with Crippen LogP contribution in [0.2, 0.25) is 0 Å². The zero-order valence-corrected chi connectivity index (χ0v) is 15.2. The number of aromatic nitrogens is 3. The van der Waals surface area contributed by atoms with E-state index in [0.29, 0.717) is 12.1 Å². The third-order valence-electron chi connectivity index (χ3n) is 4.75. The van der Waals surface area contributed by atoms with Gasteiger partial charge in [-0.3, -0.25) is 4.79 Å². The molecule has 26 heavy (non-hydrogen) atoms. The van der Waals surface area contributed by atoms with Crippen molar-refractivity contribution < 1.29 is 14.3 Å². The monoisotopic (exact) mass is 357 g/mol. The molecule has 2 heterocycles. The molecule has 0 bridgehead atoms. The van der Waals surface area contributed by atoms with Crippen molar-refractivity contribution in [1.82, 2.24) is 19.7 Å². The molecule has 0 N–H and O–H groups in total. The molecule has 3 rings (SSSR count). The molecule has 138 valence electrons. The van der Waals surface area contributed by atoms with Gasteiger partial charge in [0, 0.05) is 31.4 Å². The first-order valence-electron chi connectivity index (χ1n) is 8.59. The van der Waals surface area contributed by atoms with E-state index in [2.05, 4.69) is 15.0 Å². The van der Waals surface area contributed by atoms with Crippen molar-refractivity contribution in [2.75, 3.05) is 31.6 Å². The maximum atomic E-state index is 12.8. The average molecular weight is 357 g/mol. The predicted molar refractivity (Wildman–Crippen MR) is 95.9 cm³/mol. The largest absolute Gasteiger partial charge is 0.465 e. The smallest absolute Gasteiger partial charge is 0.337 e. The number of amides is 1. The lowest BCUT2D eigenvalue weighted by molar-refractivity contribution is -0.137. The molecule has 1 aliphatic rings. The minimum atomic E-state index is -0.370. The number of hydrogen-bond acceptors (Lipinski definition) is 6. The molecule has 0 unspecified atom stereocenters. The molecule has 2 aromatic rings. The Kier molecular flexibility index (Phi) is 5.20. The summed E-state index contributed by atoms with van der Waals surface area (Å²) in [6.07, 6.45) is 3.00. The summed E-state index contributed by atoms with van der Waals surface area (Å²) < 4.78 is 6.30. The van der Waals surface area contributed by atoms with E-state index >= 15 is 0 Å². The molecule has 1 aromatic carbocycles.